The Morgan fingerprint density at radius 3 is 2.15 bits per heavy atom. The summed E-state index contributed by atoms with van der Waals surface area (Å²) in [4.78, 5) is 14.9. The first-order chi connectivity index (χ1) is 12.1. The van der Waals surface area contributed by atoms with Crippen LogP contribution in [0, 0.1) is 0 Å². The quantitative estimate of drug-likeness (QED) is 0.874. The number of hydrogen-bond acceptors (Lipinski definition) is 4. The van der Waals surface area contributed by atoms with E-state index in [0.717, 1.165) is 18.4 Å². The van der Waals surface area contributed by atoms with Crippen molar-refractivity contribution in [3.8, 4) is 0 Å². The zero-order chi connectivity index (χ0) is 19.1. The summed E-state index contributed by atoms with van der Waals surface area (Å²) in [6, 6.07) is 8.01. The minimum atomic E-state index is -3.62. The second kappa shape index (κ2) is 6.97. The van der Waals surface area contributed by atoms with E-state index in [1.807, 2.05) is 12.1 Å². The van der Waals surface area contributed by atoms with Crippen LogP contribution in [0.5, 0.6) is 0 Å². The van der Waals surface area contributed by atoms with Gasteiger partial charge in [-0.2, -0.15) is 0 Å². The van der Waals surface area contributed by atoms with Crippen molar-refractivity contribution >= 4 is 15.7 Å². The van der Waals surface area contributed by atoms with Crippen LogP contribution in [0.15, 0.2) is 29.2 Å². The summed E-state index contributed by atoms with van der Waals surface area (Å²) in [6.07, 6.45) is 4.18. The Labute approximate surface area is 157 Å². The molecule has 1 aromatic rings. The zero-order valence-electron chi connectivity index (χ0n) is 16.2. The fraction of sp³-hybridized carbons (Fsp3) is 0.650. The van der Waals surface area contributed by atoms with Crippen molar-refractivity contribution in [3.63, 3.8) is 0 Å². The monoisotopic (exact) mass is 378 g/mol. The average Bonchev–Trinajstić information content (AvgIpc) is 2.75. The lowest BCUT2D eigenvalue weighted by atomic mass is 9.87. The van der Waals surface area contributed by atoms with Crippen molar-refractivity contribution in [2.24, 2.45) is 0 Å². The van der Waals surface area contributed by atoms with E-state index in [1.165, 1.54) is 12.8 Å². The lowest BCUT2D eigenvalue weighted by molar-refractivity contribution is -0.119. The van der Waals surface area contributed by atoms with Gasteiger partial charge in [-0.3, -0.25) is 4.79 Å². The molecule has 2 aliphatic rings. The Morgan fingerprint density at radius 1 is 1.12 bits per heavy atom. The van der Waals surface area contributed by atoms with Crippen LogP contribution in [0.3, 0.4) is 0 Å². The number of sulfone groups is 1. The molecule has 1 amide bonds. The van der Waals surface area contributed by atoms with Gasteiger partial charge in [-0.15, -0.1) is 0 Å². The molecule has 2 saturated heterocycles. The molecule has 0 aromatic heterocycles. The maximum atomic E-state index is 12.6. The molecule has 3 rings (SSSR count). The third kappa shape index (κ3) is 4.12. The number of nitrogens with one attached hydrogen (secondary N) is 1. The number of hydrogen-bond donors (Lipinski definition) is 1. The van der Waals surface area contributed by atoms with E-state index < -0.39 is 15.6 Å². The first-order valence-electron chi connectivity index (χ1n) is 9.41. The molecular weight excluding hydrogens is 348 g/mol. The van der Waals surface area contributed by atoms with Gasteiger partial charge in [0, 0.05) is 18.1 Å². The third-order valence-corrected chi connectivity index (χ3v) is 7.50. The molecule has 1 aromatic carbocycles. The van der Waals surface area contributed by atoms with E-state index in [4.69, 9.17) is 0 Å². The number of rotatable bonds is 4. The Hall–Kier alpha value is -1.40. The van der Waals surface area contributed by atoms with Crippen molar-refractivity contribution in [3.05, 3.63) is 29.8 Å². The van der Waals surface area contributed by atoms with E-state index in [0.29, 0.717) is 12.1 Å². The molecule has 2 fully saturated rings. The maximum absolute atomic E-state index is 12.6. The molecule has 1 N–H and O–H groups in total. The number of piperidine rings is 1. The SMILES string of the molecule is CN1C2CCC1CC(NC(=O)CS(=O)(=O)c1ccc(C(C)(C)C)cc1)C2. The highest BCUT2D eigenvalue weighted by Crippen LogP contribution is 2.34. The van der Waals surface area contributed by atoms with Crippen LogP contribution in [-0.4, -0.2) is 50.2 Å². The molecule has 0 radical (unpaired) electrons. The molecule has 2 atom stereocenters. The molecule has 2 heterocycles. The predicted molar refractivity (Wildman–Crippen MR) is 103 cm³/mol. The number of carbonyl (C=O) groups excluding carboxylic acids is 1. The molecule has 26 heavy (non-hydrogen) atoms. The van der Waals surface area contributed by atoms with Gasteiger partial charge in [0.05, 0.1) is 4.90 Å². The Morgan fingerprint density at radius 2 is 1.65 bits per heavy atom. The van der Waals surface area contributed by atoms with Crippen LogP contribution in [0.25, 0.3) is 0 Å². The largest absolute Gasteiger partial charge is 0.352 e. The highest BCUT2D eigenvalue weighted by atomic mass is 32.2. The van der Waals surface area contributed by atoms with Crippen molar-refractivity contribution in [1.29, 1.82) is 0 Å². The van der Waals surface area contributed by atoms with Crippen LogP contribution in [0.4, 0.5) is 0 Å². The van der Waals surface area contributed by atoms with Gasteiger partial charge in [-0.1, -0.05) is 32.9 Å². The third-order valence-electron chi connectivity index (χ3n) is 5.86. The molecule has 0 saturated carbocycles. The summed E-state index contributed by atoms with van der Waals surface area (Å²) < 4.78 is 25.1. The average molecular weight is 379 g/mol. The number of carbonyl (C=O) groups is 1. The summed E-state index contributed by atoms with van der Waals surface area (Å²) in [5, 5.41) is 2.96. The van der Waals surface area contributed by atoms with E-state index >= 15 is 0 Å². The van der Waals surface area contributed by atoms with E-state index in [2.05, 4.69) is 38.0 Å². The molecule has 2 aliphatic heterocycles. The maximum Gasteiger partial charge on any atom is 0.235 e. The van der Waals surface area contributed by atoms with Crippen molar-refractivity contribution in [1.82, 2.24) is 10.2 Å². The summed E-state index contributed by atoms with van der Waals surface area (Å²) in [7, 11) is -1.47. The first-order valence-corrected chi connectivity index (χ1v) is 11.1. The summed E-state index contributed by atoms with van der Waals surface area (Å²) in [5.41, 5.74) is 1.04. The van der Waals surface area contributed by atoms with Crippen molar-refractivity contribution < 1.29 is 13.2 Å². The summed E-state index contributed by atoms with van der Waals surface area (Å²) in [5.74, 6) is -0.873. The highest BCUT2D eigenvalue weighted by Gasteiger charge is 2.39. The molecule has 0 spiro atoms. The summed E-state index contributed by atoms with van der Waals surface area (Å²) >= 11 is 0. The van der Waals surface area contributed by atoms with Crippen LogP contribution < -0.4 is 5.32 Å². The van der Waals surface area contributed by atoms with Crippen molar-refractivity contribution in [2.45, 2.75) is 74.9 Å². The van der Waals surface area contributed by atoms with Gasteiger partial charge in [-0.05, 0) is 55.8 Å². The first kappa shape index (κ1) is 19.4. The standard InChI is InChI=1S/C20H30N2O3S/c1-20(2,3)14-5-9-18(10-6-14)26(24,25)13-19(23)21-15-11-16-7-8-17(12-15)22(16)4/h5-6,9-10,15-17H,7-8,11-13H2,1-4H3,(H,21,23). The van der Waals surface area contributed by atoms with Gasteiger partial charge in [0.1, 0.15) is 5.75 Å². The Balaban J connectivity index is 1.61. The second-order valence-corrected chi connectivity index (χ2v) is 10.8. The molecular formula is C20H30N2O3S. The normalized spacial score (nSPS) is 26.7. The van der Waals surface area contributed by atoms with E-state index in [9.17, 15) is 13.2 Å². The fourth-order valence-electron chi connectivity index (χ4n) is 4.22. The molecule has 2 unspecified atom stereocenters. The topological polar surface area (TPSA) is 66.5 Å². The summed E-state index contributed by atoms with van der Waals surface area (Å²) in [6.45, 7) is 6.25. The minimum absolute atomic E-state index is 0.0346. The van der Waals surface area contributed by atoms with Crippen LogP contribution in [0.1, 0.15) is 52.0 Å². The smallest absolute Gasteiger partial charge is 0.235 e. The lowest BCUT2D eigenvalue weighted by Gasteiger charge is -2.36. The molecule has 5 nitrogen and oxygen atoms in total. The molecule has 144 valence electrons. The number of benzene rings is 1. The van der Waals surface area contributed by atoms with Gasteiger partial charge in [0.2, 0.25) is 5.91 Å². The van der Waals surface area contributed by atoms with Gasteiger partial charge in [0.25, 0.3) is 0 Å². The highest BCUT2D eigenvalue weighted by molar-refractivity contribution is 7.92. The number of nitrogens with zero attached hydrogens (tertiary/aromatic N) is 1. The second-order valence-electron chi connectivity index (χ2n) is 8.82. The molecule has 2 bridgehead atoms. The lowest BCUT2D eigenvalue weighted by Crippen LogP contribution is -2.49. The van der Waals surface area contributed by atoms with Crippen LogP contribution >= 0.6 is 0 Å². The fourth-order valence-corrected chi connectivity index (χ4v) is 5.36. The minimum Gasteiger partial charge on any atom is -0.352 e. The van der Waals surface area contributed by atoms with E-state index in [-0.39, 0.29) is 22.3 Å². The van der Waals surface area contributed by atoms with Crippen molar-refractivity contribution in [2.75, 3.05) is 12.8 Å². The Bertz CT molecular complexity index is 751. The van der Waals surface area contributed by atoms with Crippen LogP contribution in [0.2, 0.25) is 0 Å². The number of fused-ring (bicyclic) bond motifs is 2. The molecule has 0 aliphatic carbocycles. The molecule has 6 heteroatoms. The number of amides is 1. The predicted octanol–water partition coefficient (Wildman–Crippen LogP) is 2.50. The van der Waals surface area contributed by atoms with E-state index in [1.54, 1.807) is 12.1 Å². The van der Waals surface area contributed by atoms with Gasteiger partial charge in [-0.25, -0.2) is 8.42 Å². The van der Waals surface area contributed by atoms with Gasteiger partial charge >= 0.3 is 0 Å². The van der Waals surface area contributed by atoms with Gasteiger partial charge in [0.15, 0.2) is 9.84 Å². The Kier molecular flexibility index (Phi) is 5.19. The zero-order valence-corrected chi connectivity index (χ0v) is 17.0. The van der Waals surface area contributed by atoms with Gasteiger partial charge < -0.3 is 10.2 Å². The van der Waals surface area contributed by atoms with Crippen LogP contribution in [-0.2, 0) is 20.0 Å².